The summed E-state index contributed by atoms with van der Waals surface area (Å²) >= 11 is 24.4. The third-order valence-electron chi connectivity index (χ3n) is 25.8. The summed E-state index contributed by atoms with van der Waals surface area (Å²) < 4.78 is 79.8. The summed E-state index contributed by atoms with van der Waals surface area (Å²) in [5.41, 5.74) is 5.61. The maximum absolute atomic E-state index is 15.2. The highest BCUT2D eigenvalue weighted by atomic mass is 35.5. The number of hydrogen-bond acceptors (Lipinski definition) is 19. The lowest BCUT2D eigenvalue weighted by Crippen LogP contribution is -2.47. The molecular weight excluding hydrogens is 1790 g/mol. The van der Waals surface area contributed by atoms with Crippen LogP contribution in [0.4, 0.5) is 44.7 Å². The van der Waals surface area contributed by atoms with Crippen molar-refractivity contribution < 1.29 is 74.9 Å². The SMILES string of the molecule is COC(=O)c1ccc(N2CC[C@]3(CC[C@@H](NC(=O)c4cnn5cccnc45)CC3)C2=O)c(Cl)c1.Cc1cc(O)n2ncc(C(=O)N[C@H]3CC[C@@]4(CCN(c5ccc(F)cc5Cl)C4=O)CC3)c2n1.Cc1nc2c(C(=O)N[C@H]3CC[C@H](C(=O)Nc4c(F)cc(F)cc4Cl)CC3)cnn2c2c1CCC2.O=C(NC1CCC(F)(C(=O)Nc2ccc(F)cc2Cl)CC1)c1cnn2cccnc12. The van der Waals surface area contributed by atoms with Crippen molar-refractivity contribution in [1.29, 1.82) is 0 Å². The van der Waals surface area contributed by atoms with Gasteiger partial charge >= 0.3 is 5.97 Å². The Morgan fingerprint density at radius 2 is 0.977 bits per heavy atom. The van der Waals surface area contributed by atoms with Crippen molar-refractivity contribution in [2.24, 2.45) is 16.7 Å². The van der Waals surface area contributed by atoms with E-state index in [-0.39, 0.29) is 117 Å². The summed E-state index contributed by atoms with van der Waals surface area (Å²) in [6.07, 6.45) is 25.1. The Bertz CT molecular complexity index is 6480. The average molecular weight is 1880 g/mol. The van der Waals surface area contributed by atoms with E-state index in [4.69, 9.17) is 51.1 Å². The lowest BCUT2D eigenvalue weighted by atomic mass is 9.71. The van der Waals surface area contributed by atoms with Gasteiger partial charge in [0.2, 0.25) is 23.6 Å². The van der Waals surface area contributed by atoms with Gasteiger partial charge in [-0.3, -0.25) is 38.4 Å². The number of ether oxygens (including phenoxy) is 1. The van der Waals surface area contributed by atoms with E-state index in [9.17, 15) is 65.8 Å². The molecule has 4 saturated carbocycles. The van der Waals surface area contributed by atoms with Crippen molar-refractivity contribution in [2.45, 2.75) is 179 Å². The maximum atomic E-state index is 15.2. The van der Waals surface area contributed by atoms with Crippen LogP contribution in [0.25, 0.3) is 22.6 Å². The normalized spacial score (nSPS) is 21.6. The van der Waals surface area contributed by atoms with Crippen LogP contribution in [0.15, 0.2) is 135 Å². The zero-order valence-corrected chi connectivity index (χ0v) is 74.1. The molecule has 8 aromatic heterocycles. The number of benzene rings is 4. The van der Waals surface area contributed by atoms with Crippen LogP contribution < -0.4 is 41.7 Å². The molecule has 8 amide bonds. The van der Waals surface area contributed by atoms with E-state index in [2.05, 4.69) is 72.2 Å². The zero-order valence-electron chi connectivity index (χ0n) is 71.0. The number of amides is 8. The molecule has 31 nitrogen and oxygen atoms in total. The highest BCUT2D eigenvalue weighted by Gasteiger charge is 2.52. The van der Waals surface area contributed by atoms with Crippen LogP contribution >= 0.6 is 46.4 Å². The number of halogens is 9. The second kappa shape index (κ2) is 38.3. The largest absolute Gasteiger partial charge is 0.493 e. The summed E-state index contributed by atoms with van der Waals surface area (Å²) in [7, 11) is 1.31. The molecule has 40 heteroatoms. The van der Waals surface area contributed by atoms with Gasteiger partial charge in [-0.1, -0.05) is 46.4 Å². The standard InChI is InChI=1S/C24H24ClF2N5O2.C24H24ClN5O4.C23H23ClFN5O3.C20H18ClF2N5O2/c1-12-16-3-2-4-20(16)32-22(29-12)17(11-28-32)24(34)30-15-7-5-13(6-8-15)23(33)31-21-18(25)9-14(26)10-19(21)27;1-34-22(32)15-3-4-19(18(25)13-15)29-12-9-24(23(29)33)7-5-16(6-8-24)28-21(31)17-14-27-30-11-2-10-26-20(17)30;1-13-10-19(31)30-20(27-13)16(12-26-30)21(32)28-15-4-6-23(7-5-15)8-9-29(22(23)33)18-3-2-14(25)11-17(18)24;21-15-10-12(22)2-3-16(15)27-19(30)20(23)6-4-13(5-7-20)26-18(29)14-11-25-28-9-1-8-24-17(14)28/h9-11,13,15H,2-8H2,1H3,(H,30,34)(H,31,33);2-4,10-11,13-14,16H,5-9,12H2,1H3,(H,28,31);2-3,10-12,15,31H,4-9H2,1H3,(H,28,32);1-3,8-11,13H,4-7H2,(H,26,29)(H,27,30)/t13-,15-;16-,24-;15-,23-;. The smallest absolute Gasteiger partial charge is 0.337 e. The van der Waals surface area contributed by atoms with Crippen molar-refractivity contribution in [1.82, 2.24) is 79.7 Å². The van der Waals surface area contributed by atoms with E-state index in [1.54, 1.807) is 87.1 Å². The Morgan fingerprint density at radius 1 is 0.504 bits per heavy atom. The molecule has 0 unspecified atom stereocenters. The highest BCUT2D eigenvalue weighted by molar-refractivity contribution is 6.35. The average Bonchev–Trinajstić information content (AvgIpc) is 1.62. The quantitative estimate of drug-likeness (QED) is 0.0370. The Labute approximate surface area is 765 Å². The molecule has 7 N–H and O–H groups in total. The van der Waals surface area contributed by atoms with Gasteiger partial charge in [0.05, 0.1) is 91.1 Å². The Morgan fingerprint density at radius 3 is 1.50 bits per heavy atom. The van der Waals surface area contributed by atoms with Crippen LogP contribution in [0.2, 0.25) is 20.1 Å². The number of aryl methyl sites for hydroxylation is 3. The van der Waals surface area contributed by atoms with Gasteiger partial charge in [-0.25, -0.2) is 60.2 Å². The third kappa shape index (κ3) is 19.3. The molecule has 6 fully saturated rings. The van der Waals surface area contributed by atoms with Crippen molar-refractivity contribution in [3.05, 3.63) is 228 Å². The molecule has 2 spiro atoms. The van der Waals surface area contributed by atoms with E-state index in [1.165, 1.54) is 70.6 Å². The molecule has 0 bridgehead atoms. The molecule has 0 atom stereocenters. The van der Waals surface area contributed by atoms with E-state index >= 15 is 4.39 Å². The van der Waals surface area contributed by atoms with Crippen molar-refractivity contribution in [3.63, 3.8) is 0 Å². The van der Waals surface area contributed by atoms with Crippen LogP contribution in [0.3, 0.4) is 0 Å². The molecule has 4 aromatic carbocycles. The second-order valence-corrected chi connectivity index (χ2v) is 35.6. The number of anilines is 4. The van der Waals surface area contributed by atoms with Crippen LogP contribution in [-0.2, 0) is 36.8 Å². The van der Waals surface area contributed by atoms with Crippen LogP contribution in [0.1, 0.15) is 196 Å². The summed E-state index contributed by atoms with van der Waals surface area (Å²) in [5.74, 6) is -5.82. The van der Waals surface area contributed by atoms with Gasteiger partial charge in [-0.15, -0.1) is 0 Å². The predicted octanol–water partition coefficient (Wildman–Crippen LogP) is 14.8. The number of nitrogens with one attached hydrogen (secondary N) is 6. The second-order valence-electron chi connectivity index (χ2n) is 34.0. The summed E-state index contributed by atoms with van der Waals surface area (Å²) in [5, 5.41) is 44.0. The number of carbonyl (C=O) groups is 9. The van der Waals surface area contributed by atoms with Gasteiger partial charge < -0.3 is 51.5 Å². The fourth-order valence-corrected chi connectivity index (χ4v) is 19.6. The van der Waals surface area contributed by atoms with E-state index < -0.39 is 51.6 Å². The maximum Gasteiger partial charge on any atom is 0.337 e. The molecule has 10 heterocycles. The number of methoxy groups -OCH3 is 1. The molecule has 0 radical (unpaired) electrons. The molecule has 7 aliphatic rings. The molecular formula is C91H89Cl4F5N20O11. The van der Waals surface area contributed by atoms with Crippen molar-refractivity contribution >= 4 is 145 Å². The number of aromatic nitrogens is 12. The highest BCUT2D eigenvalue weighted by Crippen LogP contribution is 2.50. The number of carbonyl (C=O) groups excluding carboxylic acids is 9. The zero-order chi connectivity index (χ0) is 92.5. The minimum absolute atomic E-state index is 0.00471. The van der Waals surface area contributed by atoms with E-state index in [1.807, 2.05) is 6.92 Å². The van der Waals surface area contributed by atoms with Crippen LogP contribution in [-0.4, -0.2) is 167 Å². The number of hydrogen-bond donors (Lipinski definition) is 7. The molecule has 2 aliphatic heterocycles. The number of fused-ring (bicyclic) bond motifs is 6. The summed E-state index contributed by atoms with van der Waals surface area (Å²) in [6, 6.07) is 18.5. The van der Waals surface area contributed by atoms with E-state index in [0.29, 0.717) is 188 Å². The van der Waals surface area contributed by atoms with Crippen molar-refractivity contribution in [3.8, 4) is 5.88 Å². The molecule has 682 valence electrons. The predicted molar refractivity (Wildman–Crippen MR) is 474 cm³/mol. The number of rotatable bonds is 15. The lowest BCUT2D eigenvalue weighted by Gasteiger charge is -2.36. The number of nitrogens with zero attached hydrogens (tertiary/aromatic N) is 14. The van der Waals surface area contributed by atoms with Gasteiger partial charge in [0.1, 0.15) is 39.7 Å². The monoisotopic (exact) mass is 1870 g/mol. The fourth-order valence-electron chi connectivity index (χ4n) is 18.6. The topological polar surface area (TPSA) is 383 Å². The van der Waals surface area contributed by atoms with Gasteiger partial charge in [-0.05, 0) is 227 Å². The number of esters is 1. The first-order valence-corrected chi connectivity index (χ1v) is 44.5. The first kappa shape index (κ1) is 91.5. The fraction of sp³-hybridized carbons (Fsp3) is 0.374. The van der Waals surface area contributed by atoms with Crippen LogP contribution in [0, 0.1) is 53.9 Å². The molecule has 12 aromatic rings. The van der Waals surface area contributed by atoms with E-state index in [0.717, 1.165) is 55.3 Å². The third-order valence-corrected chi connectivity index (χ3v) is 27.1. The number of alkyl halides is 1. The molecule has 5 aliphatic carbocycles. The Balaban J connectivity index is 0.000000128. The molecule has 19 rings (SSSR count). The molecule has 131 heavy (non-hydrogen) atoms. The number of aromatic hydroxyl groups is 1. The van der Waals surface area contributed by atoms with Crippen LogP contribution in [0.5, 0.6) is 5.88 Å². The minimum Gasteiger partial charge on any atom is -0.493 e. The van der Waals surface area contributed by atoms with Gasteiger partial charge in [-0.2, -0.15) is 24.9 Å². The lowest BCUT2D eigenvalue weighted by molar-refractivity contribution is -0.129. The minimum atomic E-state index is -2.09. The first-order valence-electron chi connectivity index (χ1n) is 42.9. The van der Waals surface area contributed by atoms with Gasteiger partial charge in [0.25, 0.3) is 29.5 Å². The van der Waals surface area contributed by atoms with Gasteiger partial charge in [0, 0.05) is 97.2 Å². The summed E-state index contributed by atoms with van der Waals surface area (Å²) in [4.78, 5) is 135. The summed E-state index contributed by atoms with van der Waals surface area (Å²) in [6.45, 7) is 4.81. The van der Waals surface area contributed by atoms with Crippen molar-refractivity contribution in [2.75, 3.05) is 40.6 Å². The Kier molecular flexibility index (Phi) is 26.8. The Hall–Kier alpha value is -12.8. The first-order chi connectivity index (χ1) is 62.9. The molecule has 2 saturated heterocycles. The van der Waals surface area contributed by atoms with Gasteiger partial charge in [0.15, 0.2) is 34.1 Å².